The first-order valence-corrected chi connectivity index (χ1v) is 10.1. The smallest absolute Gasteiger partial charge is 0.310 e. The summed E-state index contributed by atoms with van der Waals surface area (Å²) in [5.41, 5.74) is 2.34. The molecule has 1 aliphatic heterocycles. The molecular formula is C21H22BrN3O4. The zero-order chi connectivity index (χ0) is 21.0. The number of hydrogen-bond acceptors (Lipinski definition) is 4. The molecule has 2 aromatic rings. The molecule has 0 saturated carbocycles. The Labute approximate surface area is 177 Å². The molecule has 1 heterocycles. The lowest BCUT2D eigenvalue weighted by molar-refractivity contribution is -0.140. The highest BCUT2D eigenvalue weighted by atomic mass is 79.9. The highest BCUT2D eigenvalue weighted by Crippen LogP contribution is 2.37. The summed E-state index contributed by atoms with van der Waals surface area (Å²) in [5.74, 6) is -1.15. The summed E-state index contributed by atoms with van der Waals surface area (Å²) in [4.78, 5) is 38.9. The van der Waals surface area contributed by atoms with Crippen molar-refractivity contribution in [3.63, 3.8) is 0 Å². The van der Waals surface area contributed by atoms with Crippen LogP contribution in [0.2, 0.25) is 0 Å². The van der Waals surface area contributed by atoms with Gasteiger partial charge in [0.1, 0.15) is 11.8 Å². The second kappa shape index (κ2) is 9.09. The van der Waals surface area contributed by atoms with Crippen LogP contribution in [0.15, 0.2) is 46.9 Å². The fourth-order valence-electron chi connectivity index (χ4n) is 3.37. The van der Waals surface area contributed by atoms with Crippen molar-refractivity contribution in [3.8, 4) is 5.75 Å². The quantitative estimate of drug-likeness (QED) is 0.648. The molecule has 0 unspecified atom stereocenters. The Hall–Kier alpha value is -2.87. The summed E-state index contributed by atoms with van der Waals surface area (Å²) < 4.78 is 6.07. The zero-order valence-corrected chi connectivity index (χ0v) is 17.8. The predicted octanol–water partition coefficient (Wildman–Crippen LogP) is 2.34. The molecule has 1 atom stereocenters. The van der Waals surface area contributed by atoms with Crippen LogP contribution in [0.4, 0.5) is 5.69 Å². The average Bonchev–Trinajstić information content (AvgIpc) is 2.98. The third kappa shape index (κ3) is 4.42. The number of nitrogens with one attached hydrogen (secondary N) is 2. The SMILES string of the molecule is CCN1C(=O)[C@H](NC(=O)C(=O)NCCc2ccccc2OC)c2cc(Br)ccc21. The highest BCUT2D eigenvalue weighted by Gasteiger charge is 2.38. The van der Waals surface area contributed by atoms with Crippen molar-refractivity contribution >= 4 is 39.3 Å². The average molecular weight is 460 g/mol. The number of ether oxygens (including phenoxy) is 1. The molecular weight excluding hydrogens is 438 g/mol. The molecule has 8 heteroatoms. The Morgan fingerprint density at radius 1 is 1.17 bits per heavy atom. The van der Waals surface area contributed by atoms with Gasteiger partial charge in [-0.15, -0.1) is 0 Å². The zero-order valence-electron chi connectivity index (χ0n) is 16.2. The molecule has 3 rings (SSSR count). The van der Waals surface area contributed by atoms with Gasteiger partial charge in [-0.2, -0.15) is 0 Å². The Morgan fingerprint density at radius 3 is 2.66 bits per heavy atom. The molecule has 0 aromatic heterocycles. The van der Waals surface area contributed by atoms with E-state index >= 15 is 0 Å². The minimum Gasteiger partial charge on any atom is -0.496 e. The molecule has 0 spiro atoms. The summed E-state index contributed by atoms with van der Waals surface area (Å²) in [6.07, 6.45) is 0.519. The van der Waals surface area contributed by atoms with Gasteiger partial charge in [-0.1, -0.05) is 34.1 Å². The van der Waals surface area contributed by atoms with Gasteiger partial charge in [-0.05, 0) is 43.2 Å². The summed E-state index contributed by atoms with van der Waals surface area (Å²) in [6.45, 7) is 2.61. The van der Waals surface area contributed by atoms with Crippen LogP contribution in [0.1, 0.15) is 24.1 Å². The van der Waals surface area contributed by atoms with Crippen molar-refractivity contribution in [1.82, 2.24) is 10.6 Å². The monoisotopic (exact) mass is 459 g/mol. The lowest BCUT2D eigenvalue weighted by Crippen LogP contribution is -2.44. The summed E-state index contributed by atoms with van der Waals surface area (Å²) in [5, 5.41) is 5.15. The maximum absolute atomic E-state index is 12.7. The van der Waals surface area contributed by atoms with Crippen LogP contribution in [0.3, 0.4) is 0 Å². The van der Waals surface area contributed by atoms with Crippen LogP contribution in [0.5, 0.6) is 5.75 Å². The first kappa shape index (κ1) is 20.9. The van der Waals surface area contributed by atoms with Gasteiger partial charge in [0.2, 0.25) is 0 Å². The van der Waals surface area contributed by atoms with Crippen molar-refractivity contribution in [3.05, 3.63) is 58.1 Å². The van der Waals surface area contributed by atoms with Gasteiger partial charge in [0.05, 0.1) is 7.11 Å². The van der Waals surface area contributed by atoms with Crippen LogP contribution in [-0.4, -0.2) is 37.9 Å². The number of anilines is 1. The molecule has 7 nitrogen and oxygen atoms in total. The number of methoxy groups -OCH3 is 1. The standard InChI is InChI=1S/C21H22BrN3O4/c1-3-25-16-9-8-14(22)12-15(16)18(21(25)28)24-20(27)19(26)23-11-10-13-6-4-5-7-17(13)29-2/h4-9,12,18H,3,10-11H2,1-2H3,(H,23,26)(H,24,27)/t18-/m1/s1. The number of nitrogens with zero attached hydrogens (tertiary/aromatic N) is 1. The number of carbonyl (C=O) groups excluding carboxylic acids is 3. The third-order valence-electron chi connectivity index (χ3n) is 4.77. The van der Waals surface area contributed by atoms with Crippen molar-refractivity contribution in [2.45, 2.75) is 19.4 Å². The fraction of sp³-hybridized carbons (Fsp3) is 0.286. The maximum atomic E-state index is 12.7. The van der Waals surface area contributed by atoms with Gasteiger partial charge >= 0.3 is 11.8 Å². The highest BCUT2D eigenvalue weighted by molar-refractivity contribution is 9.10. The number of halogens is 1. The van der Waals surface area contributed by atoms with E-state index in [1.54, 1.807) is 18.1 Å². The number of carbonyl (C=O) groups is 3. The maximum Gasteiger partial charge on any atom is 0.310 e. The number of fused-ring (bicyclic) bond motifs is 1. The number of likely N-dealkylation sites (N-methyl/N-ethyl adjacent to an activating group) is 1. The van der Waals surface area contributed by atoms with Gasteiger partial charge in [-0.25, -0.2) is 0 Å². The van der Waals surface area contributed by atoms with Crippen LogP contribution in [0.25, 0.3) is 0 Å². The number of hydrogen-bond donors (Lipinski definition) is 2. The van der Waals surface area contributed by atoms with E-state index < -0.39 is 17.9 Å². The molecule has 0 radical (unpaired) electrons. The van der Waals surface area contributed by atoms with E-state index in [9.17, 15) is 14.4 Å². The minimum atomic E-state index is -0.880. The topological polar surface area (TPSA) is 87.7 Å². The van der Waals surface area contributed by atoms with Crippen LogP contribution in [-0.2, 0) is 20.8 Å². The summed E-state index contributed by atoms with van der Waals surface area (Å²) in [6, 6.07) is 12.0. The molecule has 1 aliphatic rings. The van der Waals surface area contributed by atoms with E-state index in [2.05, 4.69) is 26.6 Å². The number of rotatable bonds is 6. The Morgan fingerprint density at radius 2 is 1.93 bits per heavy atom. The first-order chi connectivity index (χ1) is 14.0. The predicted molar refractivity (Wildman–Crippen MR) is 113 cm³/mol. The lowest BCUT2D eigenvalue weighted by atomic mass is 10.1. The van der Waals surface area contributed by atoms with Crippen molar-refractivity contribution < 1.29 is 19.1 Å². The molecule has 152 valence electrons. The minimum absolute atomic E-state index is 0.254. The molecule has 2 aromatic carbocycles. The second-order valence-corrected chi connectivity index (χ2v) is 7.43. The molecule has 0 bridgehead atoms. The molecule has 3 amide bonds. The number of amides is 3. The molecule has 0 fully saturated rings. The molecule has 2 N–H and O–H groups in total. The Bertz CT molecular complexity index is 947. The van der Waals surface area contributed by atoms with Crippen molar-refractivity contribution in [1.29, 1.82) is 0 Å². The van der Waals surface area contributed by atoms with E-state index in [1.165, 1.54) is 0 Å². The van der Waals surface area contributed by atoms with E-state index in [0.717, 1.165) is 21.5 Å². The van der Waals surface area contributed by atoms with Crippen molar-refractivity contribution in [2.75, 3.05) is 25.1 Å². The largest absolute Gasteiger partial charge is 0.496 e. The van der Waals surface area contributed by atoms with E-state index in [-0.39, 0.29) is 12.5 Å². The van der Waals surface area contributed by atoms with E-state index in [4.69, 9.17) is 4.74 Å². The van der Waals surface area contributed by atoms with E-state index in [0.29, 0.717) is 18.5 Å². The first-order valence-electron chi connectivity index (χ1n) is 9.27. The Balaban J connectivity index is 1.62. The van der Waals surface area contributed by atoms with Gasteiger partial charge in [0.15, 0.2) is 0 Å². The van der Waals surface area contributed by atoms with Gasteiger partial charge in [-0.3, -0.25) is 14.4 Å². The normalized spacial score (nSPS) is 15.1. The summed E-state index contributed by atoms with van der Waals surface area (Å²) in [7, 11) is 1.58. The Kier molecular flexibility index (Phi) is 6.53. The van der Waals surface area contributed by atoms with Crippen LogP contribution >= 0.6 is 15.9 Å². The number of para-hydroxylation sites is 1. The van der Waals surface area contributed by atoms with Gasteiger partial charge < -0.3 is 20.3 Å². The lowest BCUT2D eigenvalue weighted by Gasteiger charge is -2.15. The molecule has 0 saturated heterocycles. The van der Waals surface area contributed by atoms with Crippen LogP contribution in [0, 0.1) is 0 Å². The van der Waals surface area contributed by atoms with Gasteiger partial charge in [0, 0.05) is 28.8 Å². The fourth-order valence-corrected chi connectivity index (χ4v) is 3.75. The third-order valence-corrected chi connectivity index (χ3v) is 5.27. The van der Waals surface area contributed by atoms with Crippen molar-refractivity contribution in [2.24, 2.45) is 0 Å². The second-order valence-electron chi connectivity index (χ2n) is 6.51. The summed E-state index contributed by atoms with van der Waals surface area (Å²) >= 11 is 3.39. The molecule has 0 aliphatic carbocycles. The van der Waals surface area contributed by atoms with E-state index in [1.807, 2.05) is 43.3 Å². The van der Waals surface area contributed by atoms with Gasteiger partial charge in [0.25, 0.3) is 5.91 Å². The number of benzene rings is 2. The molecule has 29 heavy (non-hydrogen) atoms. The van der Waals surface area contributed by atoms with Crippen LogP contribution < -0.4 is 20.3 Å².